The SMILES string of the molecule is CCCCc1ccc(C(c2cccc3c2OCO3)C(C)[N+](=O)[O-])cc1. The van der Waals surface area contributed by atoms with E-state index in [1.807, 2.05) is 30.3 Å². The van der Waals surface area contributed by atoms with Crippen molar-refractivity contribution in [1.82, 2.24) is 0 Å². The fourth-order valence-electron chi connectivity index (χ4n) is 3.31. The fraction of sp³-hybridized carbons (Fsp3) is 0.400. The molecule has 0 aliphatic carbocycles. The Kier molecular flexibility index (Phi) is 5.22. The summed E-state index contributed by atoms with van der Waals surface area (Å²) in [7, 11) is 0. The molecule has 1 aliphatic heterocycles. The summed E-state index contributed by atoms with van der Waals surface area (Å²) in [5.74, 6) is 0.890. The van der Waals surface area contributed by atoms with Crippen molar-refractivity contribution in [2.24, 2.45) is 0 Å². The molecule has 25 heavy (non-hydrogen) atoms. The fourth-order valence-corrected chi connectivity index (χ4v) is 3.31. The first-order valence-corrected chi connectivity index (χ1v) is 8.72. The van der Waals surface area contributed by atoms with Crippen LogP contribution in [0.5, 0.6) is 11.5 Å². The van der Waals surface area contributed by atoms with E-state index in [9.17, 15) is 10.1 Å². The molecule has 1 heterocycles. The molecule has 0 spiro atoms. The molecule has 2 aromatic carbocycles. The predicted octanol–water partition coefficient (Wildman–Crippen LogP) is 4.56. The molecule has 2 atom stereocenters. The molecule has 0 N–H and O–H groups in total. The van der Waals surface area contributed by atoms with Crippen LogP contribution in [-0.4, -0.2) is 17.8 Å². The van der Waals surface area contributed by atoms with E-state index in [1.54, 1.807) is 6.92 Å². The Morgan fingerprint density at radius 2 is 1.92 bits per heavy atom. The highest BCUT2D eigenvalue weighted by atomic mass is 16.7. The van der Waals surface area contributed by atoms with Crippen LogP contribution in [0.3, 0.4) is 0 Å². The summed E-state index contributed by atoms with van der Waals surface area (Å²) in [6.45, 7) is 3.97. The van der Waals surface area contributed by atoms with Crippen molar-refractivity contribution < 1.29 is 14.4 Å². The highest BCUT2D eigenvalue weighted by Crippen LogP contribution is 2.43. The zero-order valence-corrected chi connectivity index (χ0v) is 14.6. The third-order valence-electron chi connectivity index (χ3n) is 4.73. The van der Waals surface area contributed by atoms with Crippen molar-refractivity contribution in [1.29, 1.82) is 0 Å². The maximum absolute atomic E-state index is 11.5. The lowest BCUT2D eigenvalue weighted by molar-refractivity contribution is -0.520. The third kappa shape index (κ3) is 3.60. The van der Waals surface area contributed by atoms with Gasteiger partial charge in [0.25, 0.3) is 0 Å². The van der Waals surface area contributed by atoms with E-state index in [4.69, 9.17) is 9.47 Å². The number of ether oxygens (including phenoxy) is 2. The van der Waals surface area contributed by atoms with Crippen molar-refractivity contribution in [3.63, 3.8) is 0 Å². The van der Waals surface area contributed by atoms with Gasteiger partial charge in [-0.15, -0.1) is 0 Å². The highest BCUT2D eigenvalue weighted by Gasteiger charge is 2.34. The number of fused-ring (bicyclic) bond motifs is 1. The van der Waals surface area contributed by atoms with Gasteiger partial charge >= 0.3 is 0 Å². The Bertz CT molecular complexity index is 742. The number of hydrogen-bond donors (Lipinski definition) is 0. The molecule has 132 valence electrons. The average molecular weight is 341 g/mol. The average Bonchev–Trinajstić information content (AvgIpc) is 3.10. The first kappa shape index (κ1) is 17.3. The summed E-state index contributed by atoms with van der Waals surface area (Å²) < 4.78 is 11.0. The van der Waals surface area contributed by atoms with E-state index < -0.39 is 6.04 Å². The molecule has 0 bridgehead atoms. The molecular weight excluding hydrogens is 318 g/mol. The van der Waals surface area contributed by atoms with Crippen molar-refractivity contribution in [2.75, 3.05) is 6.79 Å². The maximum Gasteiger partial charge on any atom is 0.231 e. The molecule has 0 aromatic heterocycles. The van der Waals surface area contributed by atoms with E-state index in [2.05, 4.69) is 19.1 Å². The van der Waals surface area contributed by atoms with Crippen LogP contribution >= 0.6 is 0 Å². The second kappa shape index (κ2) is 7.55. The monoisotopic (exact) mass is 341 g/mol. The standard InChI is InChI=1S/C20H23NO4/c1-3-4-6-15-9-11-16(12-10-15)19(14(2)21(22)23)17-7-5-8-18-20(17)25-13-24-18/h5,7-12,14,19H,3-4,6,13H2,1-2H3. The number of hydrogen-bond acceptors (Lipinski definition) is 4. The van der Waals surface area contributed by atoms with Crippen LogP contribution in [0.4, 0.5) is 0 Å². The molecule has 0 amide bonds. The minimum absolute atomic E-state index is 0.155. The molecule has 0 fully saturated rings. The summed E-state index contributed by atoms with van der Waals surface area (Å²) in [6.07, 6.45) is 3.32. The van der Waals surface area contributed by atoms with E-state index in [-0.39, 0.29) is 17.6 Å². The molecule has 2 aromatic rings. The van der Waals surface area contributed by atoms with Gasteiger partial charge in [-0.3, -0.25) is 10.1 Å². The van der Waals surface area contributed by atoms with Gasteiger partial charge in [-0.1, -0.05) is 49.7 Å². The van der Waals surface area contributed by atoms with E-state index in [0.717, 1.165) is 30.4 Å². The number of rotatable bonds is 7. The normalized spacial score (nSPS) is 15.0. The Morgan fingerprint density at radius 3 is 2.60 bits per heavy atom. The van der Waals surface area contributed by atoms with Crippen LogP contribution in [0.1, 0.15) is 49.3 Å². The lowest BCUT2D eigenvalue weighted by Crippen LogP contribution is -2.25. The summed E-state index contributed by atoms with van der Waals surface area (Å²) in [5.41, 5.74) is 2.99. The van der Waals surface area contributed by atoms with E-state index >= 15 is 0 Å². The van der Waals surface area contributed by atoms with E-state index in [1.165, 1.54) is 5.56 Å². The Balaban J connectivity index is 1.99. The molecule has 3 rings (SSSR count). The summed E-state index contributed by atoms with van der Waals surface area (Å²) >= 11 is 0. The van der Waals surface area contributed by atoms with Gasteiger partial charge in [0.1, 0.15) is 0 Å². The summed E-state index contributed by atoms with van der Waals surface area (Å²) in [6, 6.07) is 13.0. The van der Waals surface area contributed by atoms with Gasteiger partial charge in [-0.25, -0.2) is 0 Å². The zero-order valence-electron chi connectivity index (χ0n) is 14.6. The maximum atomic E-state index is 11.5. The quantitative estimate of drug-likeness (QED) is 0.547. The van der Waals surface area contributed by atoms with E-state index in [0.29, 0.717) is 11.5 Å². The lowest BCUT2D eigenvalue weighted by atomic mass is 9.84. The topological polar surface area (TPSA) is 61.6 Å². The van der Waals surface area contributed by atoms with Crippen LogP contribution < -0.4 is 9.47 Å². The largest absolute Gasteiger partial charge is 0.454 e. The van der Waals surface area contributed by atoms with Crippen molar-refractivity contribution in [3.8, 4) is 11.5 Å². The summed E-state index contributed by atoms with van der Waals surface area (Å²) in [5, 5.41) is 11.5. The molecule has 1 aliphatic rings. The molecule has 5 heteroatoms. The number of nitro groups is 1. The van der Waals surface area contributed by atoms with Gasteiger partial charge < -0.3 is 9.47 Å². The Morgan fingerprint density at radius 1 is 1.16 bits per heavy atom. The number of benzene rings is 2. The van der Waals surface area contributed by atoms with Crippen molar-refractivity contribution in [3.05, 3.63) is 69.3 Å². The molecule has 0 saturated carbocycles. The van der Waals surface area contributed by atoms with Crippen LogP contribution in [0.2, 0.25) is 0 Å². The number of aryl methyl sites for hydroxylation is 1. The Labute approximate surface area is 147 Å². The van der Waals surface area contributed by atoms with Crippen LogP contribution in [-0.2, 0) is 6.42 Å². The van der Waals surface area contributed by atoms with Crippen molar-refractivity contribution in [2.45, 2.75) is 45.1 Å². The van der Waals surface area contributed by atoms with Gasteiger partial charge in [0.15, 0.2) is 11.5 Å². The zero-order chi connectivity index (χ0) is 17.8. The van der Waals surface area contributed by atoms with Gasteiger partial charge in [0.2, 0.25) is 12.8 Å². The lowest BCUT2D eigenvalue weighted by Gasteiger charge is -2.21. The highest BCUT2D eigenvalue weighted by molar-refractivity contribution is 5.52. The predicted molar refractivity (Wildman–Crippen MR) is 95.9 cm³/mol. The molecule has 0 radical (unpaired) electrons. The van der Waals surface area contributed by atoms with Gasteiger partial charge in [0, 0.05) is 17.4 Å². The van der Waals surface area contributed by atoms with Crippen LogP contribution in [0.25, 0.3) is 0 Å². The minimum atomic E-state index is -0.766. The van der Waals surface area contributed by atoms with Crippen LogP contribution in [0, 0.1) is 10.1 Å². The number of nitrogens with zero attached hydrogens (tertiary/aromatic N) is 1. The van der Waals surface area contributed by atoms with Gasteiger partial charge in [0.05, 0.1) is 5.92 Å². The molecule has 0 saturated heterocycles. The van der Waals surface area contributed by atoms with Gasteiger partial charge in [-0.2, -0.15) is 0 Å². The number of unbranched alkanes of at least 4 members (excludes halogenated alkanes) is 1. The van der Waals surface area contributed by atoms with Gasteiger partial charge in [-0.05, 0) is 30.0 Å². The van der Waals surface area contributed by atoms with Crippen molar-refractivity contribution >= 4 is 0 Å². The first-order valence-electron chi connectivity index (χ1n) is 8.72. The third-order valence-corrected chi connectivity index (χ3v) is 4.73. The molecule has 2 unspecified atom stereocenters. The molecular formula is C20H23NO4. The Hall–Kier alpha value is -2.56. The summed E-state index contributed by atoms with van der Waals surface area (Å²) in [4.78, 5) is 11.3. The second-order valence-electron chi connectivity index (χ2n) is 6.43. The van der Waals surface area contributed by atoms with Crippen LogP contribution in [0.15, 0.2) is 42.5 Å². The smallest absolute Gasteiger partial charge is 0.231 e. The molecule has 5 nitrogen and oxygen atoms in total. The first-order chi connectivity index (χ1) is 12.1. The minimum Gasteiger partial charge on any atom is -0.454 e. The second-order valence-corrected chi connectivity index (χ2v) is 6.43. The number of para-hydroxylation sites is 1.